The Morgan fingerprint density at radius 2 is 2.16 bits per heavy atom. The van der Waals surface area contributed by atoms with Crippen molar-refractivity contribution in [3.05, 3.63) is 32.3 Å². The highest BCUT2D eigenvalue weighted by Crippen LogP contribution is 2.36. The van der Waals surface area contributed by atoms with Crippen LogP contribution >= 0.6 is 39.1 Å². The van der Waals surface area contributed by atoms with Gasteiger partial charge in [0.05, 0.1) is 11.6 Å². The van der Waals surface area contributed by atoms with E-state index in [1.54, 1.807) is 19.1 Å². The second-order valence-electron chi connectivity index (χ2n) is 3.49. The van der Waals surface area contributed by atoms with E-state index in [9.17, 15) is 4.79 Å². The number of hydrogen-bond donors (Lipinski definition) is 1. The Balaban J connectivity index is 2.54. The third kappa shape index (κ3) is 2.91. The van der Waals surface area contributed by atoms with Crippen molar-refractivity contribution in [3.63, 3.8) is 0 Å². The lowest BCUT2D eigenvalue weighted by Gasteiger charge is -2.06. The number of aromatic nitrogens is 3. The molecule has 2 aromatic rings. The van der Waals surface area contributed by atoms with Gasteiger partial charge in [-0.1, -0.05) is 23.2 Å². The SMILES string of the molecule is CCOC(=O)c1n[nH]nc1-c1cc(Cl)cc(Br)c1Cl. The van der Waals surface area contributed by atoms with Crippen molar-refractivity contribution < 1.29 is 9.53 Å². The fraction of sp³-hybridized carbons (Fsp3) is 0.182. The number of benzene rings is 1. The summed E-state index contributed by atoms with van der Waals surface area (Å²) in [6.45, 7) is 1.96. The largest absolute Gasteiger partial charge is 0.461 e. The maximum Gasteiger partial charge on any atom is 0.361 e. The van der Waals surface area contributed by atoms with E-state index in [0.29, 0.717) is 25.8 Å². The summed E-state index contributed by atoms with van der Waals surface area (Å²) in [4.78, 5) is 11.7. The molecule has 0 bridgehead atoms. The molecule has 5 nitrogen and oxygen atoms in total. The highest BCUT2D eigenvalue weighted by atomic mass is 79.9. The van der Waals surface area contributed by atoms with E-state index in [-0.39, 0.29) is 12.3 Å². The van der Waals surface area contributed by atoms with Gasteiger partial charge in [-0.2, -0.15) is 10.3 Å². The lowest BCUT2D eigenvalue weighted by Crippen LogP contribution is -2.07. The molecule has 0 atom stereocenters. The van der Waals surface area contributed by atoms with Crippen LogP contribution in [0, 0.1) is 0 Å². The van der Waals surface area contributed by atoms with E-state index < -0.39 is 5.97 Å². The molecule has 0 unspecified atom stereocenters. The van der Waals surface area contributed by atoms with E-state index >= 15 is 0 Å². The molecule has 0 saturated carbocycles. The highest BCUT2D eigenvalue weighted by Gasteiger charge is 2.22. The summed E-state index contributed by atoms with van der Waals surface area (Å²) in [5, 5.41) is 11.0. The Morgan fingerprint density at radius 1 is 1.42 bits per heavy atom. The second-order valence-corrected chi connectivity index (χ2v) is 5.16. The van der Waals surface area contributed by atoms with Crippen LogP contribution in [0.25, 0.3) is 11.3 Å². The molecule has 1 N–H and O–H groups in total. The minimum Gasteiger partial charge on any atom is -0.461 e. The molecule has 0 aliphatic heterocycles. The van der Waals surface area contributed by atoms with Gasteiger partial charge in [0.1, 0.15) is 5.69 Å². The first-order chi connectivity index (χ1) is 9.04. The first kappa shape index (κ1) is 14.3. The number of ether oxygens (including phenoxy) is 1. The number of esters is 1. The number of aromatic amines is 1. The Morgan fingerprint density at radius 3 is 2.84 bits per heavy atom. The van der Waals surface area contributed by atoms with E-state index in [1.807, 2.05) is 0 Å². The number of nitrogens with zero attached hydrogens (tertiary/aromatic N) is 2. The van der Waals surface area contributed by atoms with Crippen LogP contribution in [0.3, 0.4) is 0 Å². The fourth-order valence-corrected chi connectivity index (χ4v) is 2.50. The van der Waals surface area contributed by atoms with Gasteiger partial charge in [0.25, 0.3) is 0 Å². The topological polar surface area (TPSA) is 67.9 Å². The summed E-state index contributed by atoms with van der Waals surface area (Å²) in [5.74, 6) is -0.571. The molecule has 0 fully saturated rings. The maximum absolute atomic E-state index is 11.7. The standard InChI is InChI=1S/C11H8BrCl2N3O2/c1-2-19-11(18)10-9(15-17-16-10)6-3-5(13)4-7(12)8(6)14/h3-4H,2H2,1H3,(H,15,16,17). The Labute approximate surface area is 127 Å². The molecule has 8 heteroatoms. The van der Waals surface area contributed by atoms with Crippen molar-refractivity contribution in [2.24, 2.45) is 0 Å². The van der Waals surface area contributed by atoms with Crippen LogP contribution in [0.1, 0.15) is 17.4 Å². The fourth-order valence-electron chi connectivity index (χ4n) is 1.49. The first-order valence-corrected chi connectivity index (χ1v) is 6.82. The number of carbonyl (C=O) groups is 1. The summed E-state index contributed by atoms with van der Waals surface area (Å²) in [7, 11) is 0. The molecule has 0 radical (unpaired) electrons. The van der Waals surface area contributed by atoms with Gasteiger partial charge in [0, 0.05) is 15.1 Å². The third-order valence-electron chi connectivity index (χ3n) is 2.26. The van der Waals surface area contributed by atoms with Crippen molar-refractivity contribution in [2.75, 3.05) is 6.61 Å². The monoisotopic (exact) mass is 363 g/mol. The molecular weight excluding hydrogens is 357 g/mol. The second kappa shape index (κ2) is 5.90. The minimum atomic E-state index is -0.571. The Hall–Kier alpha value is -1.11. The molecule has 0 saturated heterocycles. The summed E-state index contributed by atoms with van der Waals surface area (Å²) >= 11 is 15.4. The van der Waals surface area contributed by atoms with Crippen molar-refractivity contribution >= 4 is 45.1 Å². The Kier molecular flexibility index (Phi) is 4.44. The number of H-pyrrole nitrogens is 1. The quantitative estimate of drug-likeness (QED) is 0.665. The molecule has 100 valence electrons. The highest BCUT2D eigenvalue weighted by molar-refractivity contribution is 9.10. The molecule has 0 spiro atoms. The van der Waals surface area contributed by atoms with Crippen molar-refractivity contribution in [2.45, 2.75) is 6.92 Å². The lowest BCUT2D eigenvalue weighted by molar-refractivity contribution is 0.0520. The minimum absolute atomic E-state index is 0.0675. The van der Waals surface area contributed by atoms with Gasteiger partial charge in [0.2, 0.25) is 0 Å². The first-order valence-electron chi connectivity index (χ1n) is 5.27. The maximum atomic E-state index is 11.7. The third-order valence-corrected chi connectivity index (χ3v) is 3.74. The van der Waals surface area contributed by atoms with Gasteiger partial charge >= 0.3 is 5.97 Å². The van der Waals surface area contributed by atoms with Gasteiger partial charge < -0.3 is 4.74 Å². The van der Waals surface area contributed by atoms with Crippen molar-refractivity contribution in [3.8, 4) is 11.3 Å². The molecule has 1 aromatic carbocycles. The smallest absolute Gasteiger partial charge is 0.361 e. The number of hydrogen-bond acceptors (Lipinski definition) is 4. The molecule has 1 heterocycles. The van der Waals surface area contributed by atoms with Gasteiger partial charge in [-0.05, 0) is 35.0 Å². The molecular formula is C11H8BrCl2N3O2. The van der Waals surface area contributed by atoms with Crippen LogP contribution in [-0.2, 0) is 4.74 Å². The summed E-state index contributed by atoms with van der Waals surface area (Å²) in [6, 6.07) is 3.26. The summed E-state index contributed by atoms with van der Waals surface area (Å²) in [6.07, 6.45) is 0. The molecule has 2 rings (SSSR count). The van der Waals surface area contributed by atoms with Crippen LogP contribution in [0.2, 0.25) is 10.0 Å². The van der Waals surface area contributed by atoms with Crippen LogP contribution < -0.4 is 0 Å². The summed E-state index contributed by atoms with van der Waals surface area (Å²) < 4.78 is 5.51. The Bertz CT molecular complexity index is 630. The number of rotatable bonds is 3. The zero-order chi connectivity index (χ0) is 14.0. The molecule has 0 amide bonds. The van der Waals surface area contributed by atoms with Gasteiger partial charge in [-0.15, -0.1) is 5.10 Å². The summed E-state index contributed by atoms with van der Waals surface area (Å²) in [5.41, 5.74) is 0.863. The van der Waals surface area contributed by atoms with Crippen LogP contribution in [0.4, 0.5) is 0 Å². The van der Waals surface area contributed by atoms with E-state index in [4.69, 9.17) is 27.9 Å². The number of halogens is 3. The van der Waals surface area contributed by atoms with E-state index in [2.05, 4.69) is 31.3 Å². The van der Waals surface area contributed by atoms with Crippen LogP contribution in [0.15, 0.2) is 16.6 Å². The normalized spacial score (nSPS) is 10.5. The average Bonchev–Trinajstić information content (AvgIpc) is 2.83. The van der Waals surface area contributed by atoms with E-state index in [0.717, 1.165) is 0 Å². The van der Waals surface area contributed by atoms with Crippen LogP contribution in [-0.4, -0.2) is 28.0 Å². The molecule has 1 aromatic heterocycles. The molecule has 0 aliphatic rings. The molecule has 0 aliphatic carbocycles. The lowest BCUT2D eigenvalue weighted by atomic mass is 10.1. The predicted molar refractivity (Wildman–Crippen MR) is 75.5 cm³/mol. The van der Waals surface area contributed by atoms with Crippen molar-refractivity contribution in [1.29, 1.82) is 0 Å². The van der Waals surface area contributed by atoms with Gasteiger partial charge in [-0.25, -0.2) is 4.79 Å². The average molecular weight is 365 g/mol. The number of carbonyl (C=O) groups excluding carboxylic acids is 1. The van der Waals surface area contributed by atoms with Crippen molar-refractivity contribution in [1.82, 2.24) is 15.4 Å². The molecule has 19 heavy (non-hydrogen) atoms. The number of nitrogens with one attached hydrogen (secondary N) is 1. The van der Waals surface area contributed by atoms with Crippen LogP contribution in [0.5, 0.6) is 0 Å². The zero-order valence-corrected chi connectivity index (χ0v) is 12.8. The predicted octanol–water partition coefficient (Wildman–Crippen LogP) is 3.72. The van der Waals surface area contributed by atoms with Gasteiger partial charge in [0.15, 0.2) is 5.69 Å². The zero-order valence-electron chi connectivity index (χ0n) is 9.71. The van der Waals surface area contributed by atoms with E-state index in [1.165, 1.54) is 0 Å². The van der Waals surface area contributed by atoms with Gasteiger partial charge in [-0.3, -0.25) is 0 Å².